The van der Waals surface area contributed by atoms with Gasteiger partial charge in [-0.05, 0) is 31.1 Å². The number of benzene rings is 1. The minimum absolute atomic E-state index is 0.639. The van der Waals surface area contributed by atoms with Gasteiger partial charge in [0.15, 0.2) is 0 Å². The lowest BCUT2D eigenvalue weighted by molar-refractivity contribution is 0.394. The van der Waals surface area contributed by atoms with E-state index < -0.39 is 0 Å². The first kappa shape index (κ1) is 11.7. The average Bonchev–Trinajstić information content (AvgIpc) is 3.00. The van der Waals surface area contributed by atoms with Crippen molar-refractivity contribution in [1.82, 2.24) is 0 Å². The summed E-state index contributed by atoms with van der Waals surface area (Å²) in [5.74, 6) is 3.52. The molecule has 98 valence electrons. The summed E-state index contributed by atoms with van der Waals surface area (Å²) in [7, 11) is 3.38. The number of hydrogen-bond acceptors (Lipinski definition) is 3. The third kappa shape index (κ3) is 2.14. The van der Waals surface area contributed by atoms with Crippen LogP contribution in [-0.2, 0) is 0 Å². The molecule has 1 aromatic carbocycles. The third-order valence-corrected chi connectivity index (χ3v) is 4.44. The number of rotatable bonds is 4. The molecule has 2 saturated carbocycles. The van der Waals surface area contributed by atoms with E-state index in [1.165, 1.54) is 25.7 Å². The first-order valence-corrected chi connectivity index (χ1v) is 6.78. The summed E-state index contributed by atoms with van der Waals surface area (Å²) in [6, 6.07) is 6.65. The molecule has 3 rings (SSSR count). The number of methoxy groups -OCH3 is 2. The molecule has 1 aromatic rings. The van der Waals surface area contributed by atoms with Gasteiger partial charge in [-0.1, -0.05) is 6.42 Å². The van der Waals surface area contributed by atoms with Crippen molar-refractivity contribution in [2.45, 2.75) is 31.7 Å². The van der Waals surface area contributed by atoms with E-state index in [1.54, 1.807) is 14.2 Å². The first-order valence-electron chi connectivity index (χ1n) is 6.78. The largest absolute Gasteiger partial charge is 0.497 e. The Kier molecular flexibility index (Phi) is 3.06. The minimum Gasteiger partial charge on any atom is -0.497 e. The maximum Gasteiger partial charge on any atom is 0.124 e. The Labute approximate surface area is 108 Å². The number of hydrogen-bond donors (Lipinski definition) is 1. The maximum absolute atomic E-state index is 5.30. The van der Waals surface area contributed by atoms with Crippen LogP contribution in [0, 0.1) is 11.8 Å². The Balaban J connectivity index is 1.75. The second-order valence-corrected chi connectivity index (χ2v) is 5.53. The van der Waals surface area contributed by atoms with Crippen molar-refractivity contribution in [3.8, 4) is 11.5 Å². The van der Waals surface area contributed by atoms with Gasteiger partial charge in [0.05, 0.1) is 14.2 Å². The molecule has 2 bridgehead atoms. The van der Waals surface area contributed by atoms with Gasteiger partial charge in [0.2, 0.25) is 0 Å². The Hall–Kier alpha value is -1.38. The Bertz CT molecular complexity index is 410. The van der Waals surface area contributed by atoms with Gasteiger partial charge in [-0.3, -0.25) is 0 Å². The van der Waals surface area contributed by atoms with E-state index in [4.69, 9.17) is 9.47 Å². The zero-order chi connectivity index (χ0) is 12.5. The predicted octanol–water partition coefficient (Wildman–Crippen LogP) is 3.30. The van der Waals surface area contributed by atoms with Crippen LogP contribution in [0.3, 0.4) is 0 Å². The molecule has 2 fully saturated rings. The predicted molar refractivity (Wildman–Crippen MR) is 72.4 cm³/mol. The van der Waals surface area contributed by atoms with Gasteiger partial charge in [-0.2, -0.15) is 0 Å². The molecule has 0 aromatic heterocycles. The third-order valence-electron chi connectivity index (χ3n) is 4.44. The fraction of sp³-hybridized carbons (Fsp3) is 0.600. The van der Waals surface area contributed by atoms with Crippen LogP contribution in [0.5, 0.6) is 11.5 Å². The summed E-state index contributed by atoms with van der Waals surface area (Å²) in [6.07, 6.45) is 5.57. The maximum atomic E-state index is 5.30. The Morgan fingerprint density at radius 1 is 1.00 bits per heavy atom. The standard InChI is InChI=1S/C15H21NO2/c1-17-13-7-12(8-14(9-13)18-2)16-15-6-10-3-4-11(15)5-10/h7-11,15-16H,3-6H2,1-2H3. The van der Waals surface area contributed by atoms with Crippen molar-refractivity contribution in [3.05, 3.63) is 18.2 Å². The quantitative estimate of drug-likeness (QED) is 0.885. The molecule has 3 atom stereocenters. The molecule has 0 heterocycles. The van der Waals surface area contributed by atoms with E-state index in [1.807, 2.05) is 6.07 Å². The van der Waals surface area contributed by atoms with Crippen molar-refractivity contribution in [3.63, 3.8) is 0 Å². The zero-order valence-electron chi connectivity index (χ0n) is 11.1. The minimum atomic E-state index is 0.639. The summed E-state index contributed by atoms with van der Waals surface area (Å²) < 4.78 is 10.6. The van der Waals surface area contributed by atoms with Gasteiger partial charge in [-0.15, -0.1) is 0 Å². The van der Waals surface area contributed by atoms with Crippen LogP contribution in [0.1, 0.15) is 25.7 Å². The van der Waals surface area contributed by atoms with Crippen LogP contribution in [0.4, 0.5) is 5.69 Å². The fourth-order valence-electron chi connectivity index (χ4n) is 3.53. The molecule has 0 aliphatic heterocycles. The monoisotopic (exact) mass is 247 g/mol. The summed E-state index contributed by atoms with van der Waals surface area (Å²) in [5.41, 5.74) is 1.11. The fourth-order valence-corrected chi connectivity index (χ4v) is 3.53. The van der Waals surface area contributed by atoms with Gasteiger partial charge >= 0.3 is 0 Å². The van der Waals surface area contributed by atoms with Crippen molar-refractivity contribution in [1.29, 1.82) is 0 Å². The second-order valence-electron chi connectivity index (χ2n) is 5.53. The average molecular weight is 247 g/mol. The highest BCUT2D eigenvalue weighted by molar-refractivity contribution is 5.54. The normalized spacial score (nSPS) is 29.3. The lowest BCUT2D eigenvalue weighted by Crippen LogP contribution is -2.25. The van der Waals surface area contributed by atoms with Crippen molar-refractivity contribution in [2.24, 2.45) is 11.8 Å². The van der Waals surface area contributed by atoms with Gasteiger partial charge in [-0.25, -0.2) is 0 Å². The highest BCUT2D eigenvalue weighted by Crippen LogP contribution is 2.45. The number of ether oxygens (including phenoxy) is 2. The highest BCUT2D eigenvalue weighted by atomic mass is 16.5. The SMILES string of the molecule is COc1cc(NC2CC3CCC2C3)cc(OC)c1. The van der Waals surface area contributed by atoms with Crippen molar-refractivity contribution >= 4 is 5.69 Å². The summed E-state index contributed by atoms with van der Waals surface area (Å²) in [6.45, 7) is 0. The van der Waals surface area contributed by atoms with E-state index in [0.29, 0.717) is 6.04 Å². The molecular weight excluding hydrogens is 226 g/mol. The zero-order valence-corrected chi connectivity index (χ0v) is 11.1. The summed E-state index contributed by atoms with van der Waals surface area (Å²) >= 11 is 0. The molecule has 3 unspecified atom stereocenters. The van der Waals surface area contributed by atoms with E-state index in [-0.39, 0.29) is 0 Å². The lowest BCUT2D eigenvalue weighted by Gasteiger charge is -2.24. The molecule has 18 heavy (non-hydrogen) atoms. The van der Waals surface area contributed by atoms with Gasteiger partial charge in [0.1, 0.15) is 11.5 Å². The van der Waals surface area contributed by atoms with Crippen molar-refractivity contribution < 1.29 is 9.47 Å². The molecule has 0 spiro atoms. The summed E-state index contributed by atoms with van der Waals surface area (Å²) in [4.78, 5) is 0. The van der Waals surface area contributed by atoms with E-state index in [9.17, 15) is 0 Å². The molecular formula is C15H21NO2. The molecule has 2 aliphatic rings. The molecule has 3 heteroatoms. The van der Waals surface area contributed by atoms with E-state index in [0.717, 1.165) is 29.0 Å². The van der Waals surface area contributed by atoms with Crippen LogP contribution in [0.15, 0.2) is 18.2 Å². The lowest BCUT2D eigenvalue weighted by atomic mass is 9.95. The van der Waals surface area contributed by atoms with Gasteiger partial charge < -0.3 is 14.8 Å². The topological polar surface area (TPSA) is 30.5 Å². The molecule has 0 saturated heterocycles. The van der Waals surface area contributed by atoms with E-state index >= 15 is 0 Å². The van der Waals surface area contributed by atoms with Crippen molar-refractivity contribution in [2.75, 3.05) is 19.5 Å². The van der Waals surface area contributed by atoms with Crippen LogP contribution in [0.25, 0.3) is 0 Å². The number of fused-ring (bicyclic) bond motifs is 2. The molecule has 0 radical (unpaired) electrons. The molecule has 2 aliphatic carbocycles. The van der Waals surface area contributed by atoms with Gasteiger partial charge in [0, 0.05) is 29.9 Å². The number of anilines is 1. The molecule has 1 N–H and O–H groups in total. The van der Waals surface area contributed by atoms with Crippen LogP contribution in [0.2, 0.25) is 0 Å². The first-order chi connectivity index (χ1) is 8.78. The second kappa shape index (κ2) is 4.71. The number of nitrogens with one attached hydrogen (secondary N) is 1. The van der Waals surface area contributed by atoms with Crippen LogP contribution >= 0.6 is 0 Å². The van der Waals surface area contributed by atoms with E-state index in [2.05, 4.69) is 17.4 Å². The summed E-state index contributed by atoms with van der Waals surface area (Å²) in [5, 5.41) is 3.66. The highest BCUT2D eigenvalue weighted by Gasteiger charge is 2.39. The van der Waals surface area contributed by atoms with Crippen LogP contribution in [-0.4, -0.2) is 20.3 Å². The smallest absolute Gasteiger partial charge is 0.124 e. The molecule has 3 nitrogen and oxygen atoms in total. The molecule has 0 amide bonds. The van der Waals surface area contributed by atoms with Gasteiger partial charge in [0.25, 0.3) is 0 Å². The Morgan fingerprint density at radius 3 is 2.22 bits per heavy atom. The van der Waals surface area contributed by atoms with Crippen LogP contribution < -0.4 is 14.8 Å². The Morgan fingerprint density at radius 2 is 1.72 bits per heavy atom.